The van der Waals surface area contributed by atoms with Crippen LogP contribution in [0.25, 0.3) is 0 Å². The minimum Gasteiger partial charge on any atom is -0.335 e. The molecule has 0 N–H and O–H groups in total. The van der Waals surface area contributed by atoms with E-state index in [-0.39, 0.29) is 11.8 Å². The summed E-state index contributed by atoms with van der Waals surface area (Å²) in [5.41, 5.74) is 3.52. The molecule has 0 aliphatic carbocycles. The number of hydrogen-bond donors (Lipinski definition) is 0. The van der Waals surface area contributed by atoms with Gasteiger partial charge in [0.1, 0.15) is 0 Å². The molecule has 2 heterocycles. The third kappa shape index (κ3) is 3.77. The third-order valence-corrected chi connectivity index (χ3v) is 4.92. The van der Waals surface area contributed by atoms with E-state index in [1.165, 1.54) is 5.56 Å². The van der Waals surface area contributed by atoms with Gasteiger partial charge in [-0.1, -0.05) is 26.0 Å². The summed E-state index contributed by atoms with van der Waals surface area (Å²) >= 11 is 0. The second kappa shape index (κ2) is 7.68. The summed E-state index contributed by atoms with van der Waals surface area (Å²) < 4.78 is 0. The molecule has 1 aromatic carbocycles. The van der Waals surface area contributed by atoms with Crippen molar-refractivity contribution in [3.63, 3.8) is 0 Å². The van der Waals surface area contributed by atoms with Gasteiger partial charge in [0, 0.05) is 44.1 Å². The number of rotatable bonds is 3. The van der Waals surface area contributed by atoms with E-state index < -0.39 is 0 Å². The predicted molar refractivity (Wildman–Crippen MR) is 101 cm³/mol. The van der Waals surface area contributed by atoms with Gasteiger partial charge in [0.05, 0.1) is 5.56 Å². The van der Waals surface area contributed by atoms with E-state index in [4.69, 9.17) is 0 Å². The van der Waals surface area contributed by atoms with Crippen LogP contribution in [0.2, 0.25) is 0 Å². The van der Waals surface area contributed by atoms with E-state index in [1.54, 1.807) is 29.4 Å². The van der Waals surface area contributed by atoms with E-state index in [1.807, 2.05) is 24.0 Å². The van der Waals surface area contributed by atoms with Gasteiger partial charge in [-0.2, -0.15) is 0 Å². The zero-order chi connectivity index (χ0) is 18.7. The van der Waals surface area contributed by atoms with Gasteiger partial charge in [-0.25, -0.2) is 0 Å². The van der Waals surface area contributed by atoms with E-state index in [0.29, 0.717) is 37.7 Å². The Morgan fingerprint density at radius 1 is 1.00 bits per heavy atom. The summed E-state index contributed by atoms with van der Waals surface area (Å²) in [5, 5.41) is 0. The first-order valence-electron chi connectivity index (χ1n) is 9.06. The molecule has 1 saturated heterocycles. The molecule has 5 heteroatoms. The molecule has 0 unspecified atom stereocenters. The lowest BCUT2D eigenvalue weighted by atomic mass is 9.97. The molecule has 0 spiro atoms. The van der Waals surface area contributed by atoms with Crippen LogP contribution < -0.4 is 0 Å². The number of carbonyl (C=O) groups excluding carboxylic acids is 2. The Kier molecular flexibility index (Phi) is 5.35. The number of benzene rings is 1. The normalized spacial score (nSPS) is 14.6. The van der Waals surface area contributed by atoms with Gasteiger partial charge in [-0.15, -0.1) is 0 Å². The molecule has 1 aliphatic rings. The van der Waals surface area contributed by atoms with Crippen LogP contribution in [-0.2, 0) is 0 Å². The summed E-state index contributed by atoms with van der Waals surface area (Å²) in [6.45, 7) is 8.42. The molecule has 2 amide bonds. The maximum absolute atomic E-state index is 13.0. The van der Waals surface area contributed by atoms with Gasteiger partial charge in [-0.3, -0.25) is 14.6 Å². The number of pyridine rings is 1. The summed E-state index contributed by atoms with van der Waals surface area (Å²) in [5.74, 6) is 0.415. The van der Waals surface area contributed by atoms with Crippen LogP contribution in [0.5, 0.6) is 0 Å². The minimum atomic E-state index is -0.0248. The Bertz CT molecular complexity index is 794. The van der Waals surface area contributed by atoms with Crippen molar-refractivity contribution in [1.82, 2.24) is 14.8 Å². The molecule has 1 fully saturated rings. The van der Waals surface area contributed by atoms with Gasteiger partial charge >= 0.3 is 0 Å². The fourth-order valence-corrected chi connectivity index (χ4v) is 3.18. The number of carbonyl (C=O) groups is 2. The molecule has 0 radical (unpaired) electrons. The van der Waals surface area contributed by atoms with Crippen LogP contribution >= 0.6 is 0 Å². The Hall–Kier alpha value is -2.69. The zero-order valence-electron chi connectivity index (χ0n) is 15.6. The topological polar surface area (TPSA) is 53.5 Å². The maximum Gasteiger partial charge on any atom is 0.255 e. The lowest BCUT2D eigenvalue weighted by Gasteiger charge is -2.35. The fraction of sp³-hybridized carbons (Fsp3) is 0.381. The molecule has 3 rings (SSSR count). The summed E-state index contributed by atoms with van der Waals surface area (Å²) in [7, 11) is 0. The largest absolute Gasteiger partial charge is 0.335 e. The quantitative estimate of drug-likeness (QED) is 0.854. The maximum atomic E-state index is 13.0. The van der Waals surface area contributed by atoms with Gasteiger partial charge in [0.2, 0.25) is 0 Å². The summed E-state index contributed by atoms with van der Waals surface area (Å²) in [6.07, 6.45) is 3.24. The molecule has 1 aliphatic heterocycles. The fourth-order valence-electron chi connectivity index (χ4n) is 3.18. The van der Waals surface area contributed by atoms with Crippen LogP contribution in [0.4, 0.5) is 0 Å². The van der Waals surface area contributed by atoms with Crippen molar-refractivity contribution < 1.29 is 9.59 Å². The number of piperazine rings is 1. The molecular formula is C21H25N3O2. The molecule has 26 heavy (non-hydrogen) atoms. The van der Waals surface area contributed by atoms with Gasteiger partial charge in [0.15, 0.2) is 0 Å². The number of aryl methyl sites for hydroxylation is 1. The first-order valence-corrected chi connectivity index (χ1v) is 9.06. The van der Waals surface area contributed by atoms with E-state index in [9.17, 15) is 9.59 Å². The summed E-state index contributed by atoms with van der Waals surface area (Å²) in [4.78, 5) is 33.1. The van der Waals surface area contributed by atoms with Crippen LogP contribution in [0.15, 0.2) is 42.7 Å². The predicted octanol–water partition coefficient (Wildman–Crippen LogP) is 3.11. The standard InChI is InChI=1S/C21H25N3O2/c1-15(2)17-7-6-16(3)19(13-17)21(26)24-11-9-23(10-12-24)20(25)18-5-4-8-22-14-18/h4-8,13-15H,9-12H2,1-3H3. The second-order valence-corrected chi connectivity index (χ2v) is 7.06. The Balaban J connectivity index is 1.67. The van der Waals surface area contributed by atoms with Crippen molar-refractivity contribution >= 4 is 11.8 Å². The smallest absolute Gasteiger partial charge is 0.255 e. The molecule has 0 atom stereocenters. The second-order valence-electron chi connectivity index (χ2n) is 7.06. The van der Waals surface area contributed by atoms with E-state index >= 15 is 0 Å². The van der Waals surface area contributed by atoms with Crippen molar-refractivity contribution in [2.45, 2.75) is 26.7 Å². The highest BCUT2D eigenvalue weighted by Crippen LogP contribution is 2.20. The molecule has 136 valence electrons. The molecule has 2 aromatic rings. The molecular weight excluding hydrogens is 326 g/mol. The Labute approximate surface area is 154 Å². The lowest BCUT2D eigenvalue weighted by Crippen LogP contribution is -2.50. The van der Waals surface area contributed by atoms with Crippen molar-refractivity contribution in [2.24, 2.45) is 0 Å². The number of aromatic nitrogens is 1. The van der Waals surface area contributed by atoms with Crippen LogP contribution in [0.1, 0.15) is 51.6 Å². The average Bonchev–Trinajstić information content (AvgIpc) is 2.68. The highest BCUT2D eigenvalue weighted by Gasteiger charge is 2.26. The molecule has 0 saturated carbocycles. The van der Waals surface area contributed by atoms with Crippen molar-refractivity contribution in [1.29, 1.82) is 0 Å². The van der Waals surface area contributed by atoms with Crippen LogP contribution in [0.3, 0.4) is 0 Å². The first kappa shape index (κ1) is 18.1. The van der Waals surface area contributed by atoms with E-state index in [2.05, 4.69) is 24.9 Å². The molecule has 0 bridgehead atoms. The highest BCUT2D eigenvalue weighted by molar-refractivity contribution is 5.97. The molecule has 1 aromatic heterocycles. The first-order chi connectivity index (χ1) is 12.5. The lowest BCUT2D eigenvalue weighted by molar-refractivity contribution is 0.0534. The van der Waals surface area contributed by atoms with Crippen LogP contribution in [0, 0.1) is 6.92 Å². The van der Waals surface area contributed by atoms with Crippen molar-refractivity contribution in [3.05, 3.63) is 65.0 Å². The SMILES string of the molecule is Cc1ccc(C(C)C)cc1C(=O)N1CCN(C(=O)c2cccnc2)CC1. The number of amides is 2. The number of hydrogen-bond acceptors (Lipinski definition) is 3. The Morgan fingerprint density at radius 2 is 1.65 bits per heavy atom. The Morgan fingerprint density at radius 3 is 2.23 bits per heavy atom. The van der Waals surface area contributed by atoms with Gasteiger partial charge < -0.3 is 9.80 Å². The molecule has 5 nitrogen and oxygen atoms in total. The van der Waals surface area contributed by atoms with E-state index in [0.717, 1.165) is 11.1 Å². The minimum absolute atomic E-state index is 0.0248. The third-order valence-electron chi connectivity index (χ3n) is 4.92. The van der Waals surface area contributed by atoms with Gasteiger partial charge in [0.25, 0.3) is 11.8 Å². The highest BCUT2D eigenvalue weighted by atomic mass is 16.2. The monoisotopic (exact) mass is 351 g/mol. The number of nitrogens with zero attached hydrogens (tertiary/aromatic N) is 3. The van der Waals surface area contributed by atoms with Crippen LogP contribution in [-0.4, -0.2) is 52.8 Å². The van der Waals surface area contributed by atoms with Crippen molar-refractivity contribution in [2.75, 3.05) is 26.2 Å². The van der Waals surface area contributed by atoms with Crippen molar-refractivity contribution in [3.8, 4) is 0 Å². The summed E-state index contributed by atoms with van der Waals surface area (Å²) in [6, 6.07) is 9.65. The average molecular weight is 351 g/mol. The zero-order valence-corrected chi connectivity index (χ0v) is 15.6. The van der Waals surface area contributed by atoms with Gasteiger partial charge in [-0.05, 0) is 42.2 Å².